The van der Waals surface area contributed by atoms with Crippen molar-refractivity contribution in [2.45, 2.75) is 57.6 Å². The van der Waals surface area contributed by atoms with Crippen molar-refractivity contribution >= 4 is 6.09 Å². The zero-order valence-corrected chi connectivity index (χ0v) is 9.27. The fourth-order valence-corrected chi connectivity index (χ4v) is 1.55. The summed E-state index contributed by atoms with van der Waals surface area (Å²) in [7, 11) is 0. The van der Waals surface area contributed by atoms with Crippen LogP contribution in [0.5, 0.6) is 0 Å². The molecule has 88 valence electrons. The first kappa shape index (κ1) is 12.2. The third kappa shape index (κ3) is 3.64. The summed E-state index contributed by atoms with van der Waals surface area (Å²) < 4.78 is 31.2. The molecule has 0 bridgehead atoms. The molecular weight excluding hydrogens is 204 g/mol. The van der Waals surface area contributed by atoms with Gasteiger partial charge in [0, 0.05) is 6.42 Å². The second-order valence-corrected chi connectivity index (χ2v) is 4.85. The predicted octanol–water partition coefficient (Wildman–Crippen LogP) is 2.70. The largest absolute Gasteiger partial charge is 0.444 e. The second-order valence-electron chi connectivity index (χ2n) is 4.85. The van der Waals surface area contributed by atoms with Crippen LogP contribution in [0.15, 0.2) is 0 Å². The maximum atomic E-state index is 13.1. The summed E-state index contributed by atoms with van der Waals surface area (Å²) in [6, 6.07) is -1.08. The molecule has 1 N–H and O–H groups in total. The third-order valence-electron chi connectivity index (χ3n) is 2.20. The highest BCUT2D eigenvalue weighted by Gasteiger charge is 2.45. The summed E-state index contributed by atoms with van der Waals surface area (Å²) in [5.74, 6) is -2.79. The summed E-state index contributed by atoms with van der Waals surface area (Å²) in [6.45, 7) is 5.08. The smallest absolute Gasteiger partial charge is 0.408 e. The Morgan fingerprint density at radius 2 is 2.07 bits per heavy atom. The van der Waals surface area contributed by atoms with Crippen LogP contribution < -0.4 is 5.32 Å². The van der Waals surface area contributed by atoms with E-state index < -0.39 is 23.7 Å². The molecule has 1 amide bonds. The molecule has 0 heterocycles. The van der Waals surface area contributed by atoms with Gasteiger partial charge in [0.2, 0.25) is 0 Å². The molecule has 1 aliphatic carbocycles. The van der Waals surface area contributed by atoms with E-state index in [0.29, 0.717) is 12.8 Å². The first-order chi connectivity index (χ1) is 6.71. The molecule has 0 spiro atoms. The van der Waals surface area contributed by atoms with Crippen molar-refractivity contribution in [2.24, 2.45) is 0 Å². The number of alkyl halides is 2. The molecule has 1 aliphatic rings. The number of hydrogen-bond acceptors (Lipinski definition) is 2. The lowest BCUT2D eigenvalue weighted by atomic mass is 10.2. The van der Waals surface area contributed by atoms with Crippen LogP contribution in [0.4, 0.5) is 13.6 Å². The van der Waals surface area contributed by atoms with E-state index in [1.165, 1.54) is 0 Å². The van der Waals surface area contributed by atoms with Gasteiger partial charge in [-0.1, -0.05) is 0 Å². The number of rotatable bonds is 1. The average Bonchev–Trinajstić information content (AvgIpc) is 2.26. The molecule has 1 atom stereocenters. The number of nitrogens with one attached hydrogen (secondary N) is 1. The molecule has 3 nitrogen and oxygen atoms in total. The minimum atomic E-state index is -2.79. The van der Waals surface area contributed by atoms with E-state index in [-0.39, 0.29) is 6.42 Å². The van der Waals surface area contributed by atoms with Gasteiger partial charge in [0.1, 0.15) is 5.60 Å². The Morgan fingerprint density at radius 1 is 1.47 bits per heavy atom. The van der Waals surface area contributed by atoms with Gasteiger partial charge in [-0.25, -0.2) is 13.6 Å². The number of carbonyl (C=O) groups is 1. The maximum absolute atomic E-state index is 13.1. The molecule has 0 aliphatic heterocycles. The van der Waals surface area contributed by atoms with Gasteiger partial charge in [0.15, 0.2) is 0 Å². The number of alkyl carbamates (subject to hydrolysis) is 1. The lowest BCUT2D eigenvalue weighted by Gasteiger charge is -2.24. The van der Waals surface area contributed by atoms with Crippen LogP contribution in [0.3, 0.4) is 0 Å². The zero-order valence-electron chi connectivity index (χ0n) is 9.27. The van der Waals surface area contributed by atoms with E-state index in [4.69, 9.17) is 4.74 Å². The molecule has 1 saturated carbocycles. The van der Waals surface area contributed by atoms with Gasteiger partial charge in [0.05, 0.1) is 6.04 Å². The van der Waals surface area contributed by atoms with E-state index in [2.05, 4.69) is 5.32 Å². The lowest BCUT2D eigenvalue weighted by molar-refractivity contribution is -0.0231. The monoisotopic (exact) mass is 221 g/mol. The standard InChI is InChI=1S/C10H17F2NO2/c1-9(2,3)15-8(14)13-7-5-4-6-10(7,11)12/h7H,4-6H2,1-3H3,(H,13,14). The summed E-state index contributed by atoms with van der Waals surface area (Å²) in [6.07, 6.45) is -0.179. The molecule has 0 radical (unpaired) electrons. The lowest BCUT2D eigenvalue weighted by Crippen LogP contribution is -2.45. The highest BCUT2D eigenvalue weighted by molar-refractivity contribution is 5.68. The highest BCUT2D eigenvalue weighted by Crippen LogP contribution is 2.35. The van der Waals surface area contributed by atoms with Crippen LogP contribution in [-0.4, -0.2) is 23.7 Å². The number of ether oxygens (including phenoxy) is 1. The molecular formula is C10H17F2NO2. The summed E-state index contributed by atoms with van der Waals surface area (Å²) in [5.41, 5.74) is -0.655. The van der Waals surface area contributed by atoms with Crippen molar-refractivity contribution in [3.63, 3.8) is 0 Å². The highest BCUT2D eigenvalue weighted by atomic mass is 19.3. The Labute approximate surface area is 88.2 Å². The quantitative estimate of drug-likeness (QED) is 0.739. The minimum absolute atomic E-state index is 0.159. The SMILES string of the molecule is CC(C)(C)OC(=O)NC1CCCC1(F)F. The summed E-state index contributed by atoms with van der Waals surface area (Å²) >= 11 is 0. The molecule has 1 rings (SSSR count). The number of halogens is 2. The summed E-state index contributed by atoms with van der Waals surface area (Å²) in [5, 5.41) is 2.21. The van der Waals surface area contributed by atoms with Crippen LogP contribution >= 0.6 is 0 Å². The van der Waals surface area contributed by atoms with Gasteiger partial charge in [-0.2, -0.15) is 0 Å². The van der Waals surface area contributed by atoms with Crippen molar-refractivity contribution in [2.75, 3.05) is 0 Å². The number of hydrogen-bond donors (Lipinski definition) is 1. The molecule has 5 heteroatoms. The maximum Gasteiger partial charge on any atom is 0.408 e. The first-order valence-electron chi connectivity index (χ1n) is 5.08. The van der Waals surface area contributed by atoms with Gasteiger partial charge in [-0.05, 0) is 33.6 Å². The van der Waals surface area contributed by atoms with Gasteiger partial charge in [0.25, 0.3) is 5.92 Å². The van der Waals surface area contributed by atoms with E-state index in [1.54, 1.807) is 20.8 Å². The van der Waals surface area contributed by atoms with Gasteiger partial charge >= 0.3 is 6.09 Å². The fraction of sp³-hybridized carbons (Fsp3) is 0.900. The second kappa shape index (κ2) is 3.94. The van der Waals surface area contributed by atoms with E-state index in [0.717, 1.165) is 0 Å². The van der Waals surface area contributed by atoms with Gasteiger partial charge < -0.3 is 10.1 Å². The summed E-state index contributed by atoms with van der Waals surface area (Å²) in [4.78, 5) is 11.2. The fourth-order valence-electron chi connectivity index (χ4n) is 1.55. The number of carbonyl (C=O) groups excluding carboxylic acids is 1. The minimum Gasteiger partial charge on any atom is -0.444 e. The van der Waals surface area contributed by atoms with Gasteiger partial charge in [-0.15, -0.1) is 0 Å². The number of amides is 1. The normalized spacial score (nSPS) is 25.0. The van der Waals surface area contributed by atoms with Crippen LogP contribution in [0.25, 0.3) is 0 Å². The zero-order chi connectivity index (χ0) is 11.7. The van der Waals surface area contributed by atoms with Crippen LogP contribution in [0, 0.1) is 0 Å². The molecule has 1 unspecified atom stereocenters. The topological polar surface area (TPSA) is 38.3 Å². The molecule has 15 heavy (non-hydrogen) atoms. The van der Waals surface area contributed by atoms with E-state index >= 15 is 0 Å². The Bertz CT molecular complexity index is 248. The van der Waals surface area contributed by atoms with Crippen molar-refractivity contribution in [1.82, 2.24) is 5.32 Å². The van der Waals surface area contributed by atoms with Crippen molar-refractivity contribution in [3.05, 3.63) is 0 Å². The van der Waals surface area contributed by atoms with Crippen LogP contribution in [0.2, 0.25) is 0 Å². The Morgan fingerprint density at radius 3 is 2.47 bits per heavy atom. The van der Waals surface area contributed by atoms with Crippen molar-refractivity contribution in [1.29, 1.82) is 0 Å². The van der Waals surface area contributed by atoms with Crippen molar-refractivity contribution < 1.29 is 18.3 Å². The molecule has 1 fully saturated rings. The molecule has 0 aromatic rings. The average molecular weight is 221 g/mol. The molecule has 0 aromatic carbocycles. The third-order valence-corrected chi connectivity index (χ3v) is 2.20. The van der Waals surface area contributed by atoms with Crippen LogP contribution in [0.1, 0.15) is 40.0 Å². The van der Waals surface area contributed by atoms with Crippen molar-refractivity contribution in [3.8, 4) is 0 Å². The Kier molecular flexibility index (Phi) is 3.21. The van der Waals surface area contributed by atoms with E-state index in [9.17, 15) is 13.6 Å². The van der Waals surface area contributed by atoms with Gasteiger partial charge in [-0.3, -0.25) is 0 Å². The molecule has 0 aromatic heterocycles. The van der Waals surface area contributed by atoms with E-state index in [1.807, 2.05) is 0 Å². The Balaban J connectivity index is 2.45. The predicted molar refractivity (Wildman–Crippen MR) is 52.0 cm³/mol. The molecule has 0 saturated heterocycles. The van der Waals surface area contributed by atoms with Crippen LogP contribution in [-0.2, 0) is 4.74 Å². The Hall–Kier alpha value is -0.870. The first-order valence-corrected chi connectivity index (χ1v) is 5.08.